The molecule has 1 aliphatic rings. The Balaban J connectivity index is 0.00000338. The summed E-state index contributed by atoms with van der Waals surface area (Å²) in [5.74, 6) is 0.654. The number of nitrogens with zero attached hydrogens (tertiary/aromatic N) is 1. The Labute approximate surface area is 174 Å². The third kappa shape index (κ3) is 8.38. The summed E-state index contributed by atoms with van der Waals surface area (Å²) < 4.78 is 0. The van der Waals surface area contributed by atoms with Crippen LogP contribution < -0.4 is 16.0 Å². The van der Waals surface area contributed by atoms with Gasteiger partial charge in [0.15, 0.2) is 5.96 Å². The SMILES string of the molecule is CCNC(=NCC(=O)NC(C)(C)C)NCC1(Cc2ccccc2)CC1.I. The molecule has 0 bridgehead atoms. The largest absolute Gasteiger partial charge is 0.357 e. The van der Waals surface area contributed by atoms with Crippen molar-refractivity contribution in [3.8, 4) is 0 Å². The quantitative estimate of drug-likeness (QED) is 0.325. The molecule has 2 rings (SSSR count). The molecule has 0 aromatic heterocycles. The van der Waals surface area contributed by atoms with Gasteiger partial charge in [-0.2, -0.15) is 0 Å². The number of guanidine groups is 1. The molecule has 1 saturated carbocycles. The van der Waals surface area contributed by atoms with Gasteiger partial charge in [-0.3, -0.25) is 4.79 Å². The molecule has 1 fully saturated rings. The molecule has 3 N–H and O–H groups in total. The molecule has 1 aromatic rings. The minimum atomic E-state index is -0.230. The van der Waals surface area contributed by atoms with Gasteiger partial charge in [-0.15, -0.1) is 24.0 Å². The van der Waals surface area contributed by atoms with Gasteiger partial charge in [-0.05, 0) is 57.9 Å². The number of hydrogen-bond acceptors (Lipinski definition) is 2. The van der Waals surface area contributed by atoms with Crippen LogP contribution in [0, 0.1) is 5.41 Å². The third-order valence-corrected chi connectivity index (χ3v) is 4.25. The van der Waals surface area contributed by atoms with E-state index in [-0.39, 0.29) is 42.0 Å². The zero-order valence-corrected chi connectivity index (χ0v) is 18.7. The van der Waals surface area contributed by atoms with E-state index in [9.17, 15) is 4.79 Å². The first-order valence-electron chi connectivity index (χ1n) is 9.19. The van der Waals surface area contributed by atoms with E-state index in [1.54, 1.807) is 0 Å². The van der Waals surface area contributed by atoms with Crippen molar-refractivity contribution >= 4 is 35.8 Å². The van der Waals surface area contributed by atoms with Gasteiger partial charge in [0.05, 0.1) is 0 Å². The minimum Gasteiger partial charge on any atom is -0.357 e. The summed E-state index contributed by atoms with van der Waals surface area (Å²) in [6, 6.07) is 10.6. The van der Waals surface area contributed by atoms with Crippen LogP contribution in [0.1, 0.15) is 46.1 Å². The Morgan fingerprint density at radius 3 is 2.35 bits per heavy atom. The van der Waals surface area contributed by atoms with Crippen molar-refractivity contribution in [2.75, 3.05) is 19.6 Å². The van der Waals surface area contributed by atoms with Crippen LogP contribution in [0.15, 0.2) is 35.3 Å². The van der Waals surface area contributed by atoms with Crippen molar-refractivity contribution in [2.24, 2.45) is 10.4 Å². The molecule has 1 amide bonds. The Morgan fingerprint density at radius 1 is 1.15 bits per heavy atom. The van der Waals surface area contributed by atoms with E-state index in [2.05, 4.69) is 51.3 Å². The molecule has 0 aliphatic heterocycles. The van der Waals surface area contributed by atoms with Gasteiger partial charge < -0.3 is 16.0 Å². The second-order valence-electron chi connectivity index (χ2n) is 8.01. The molecule has 0 radical (unpaired) electrons. The van der Waals surface area contributed by atoms with Crippen molar-refractivity contribution < 1.29 is 4.79 Å². The Morgan fingerprint density at radius 2 is 1.81 bits per heavy atom. The molecule has 1 aromatic carbocycles. The maximum absolute atomic E-state index is 11.9. The number of nitrogens with one attached hydrogen (secondary N) is 3. The van der Waals surface area contributed by atoms with E-state index in [1.807, 2.05) is 27.7 Å². The number of rotatable bonds is 7. The molecule has 0 heterocycles. The van der Waals surface area contributed by atoms with E-state index in [0.29, 0.717) is 11.4 Å². The normalized spacial score (nSPS) is 15.6. The number of benzene rings is 1. The van der Waals surface area contributed by atoms with Crippen molar-refractivity contribution in [2.45, 2.75) is 52.5 Å². The molecule has 0 atom stereocenters. The highest BCUT2D eigenvalue weighted by atomic mass is 127. The smallest absolute Gasteiger partial charge is 0.242 e. The molecule has 146 valence electrons. The van der Waals surface area contributed by atoms with Gasteiger partial charge >= 0.3 is 0 Å². The molecular weight excluding hydrogens is 439 g/mol. The van der Waals surface area contributed by atoms with Crippen LogP contribution in [-0.2, 0) is 11.2 Å². The van der Waals surface area contributed by atoms with Crippen molar-refractivity contribution in [1.29, 1.82) is 0 Å². The first-order valence-corrected chi connectivity index (χ1v) is 9.19. The Kier molecular flexibility index (Phi) is 8.86. The van der Waals surface area contributed by atoms with Crippen LogP contribution in [0.25, 0.3) is 0 Å². The van der Waals surface area contributed by atoms with Gasteiger partial charge in [-0.25, -0.2) is 4.99 Å². The van der Waals surface area contributed by atoms with Crippen LogP contribution in [0.3, 0.4) is 0 Å². The molecule has 1 aliphatic carbocycles. The third-order valence-electron chi connectivity index (χ3n) is 4.25. The zero-order chi connectivity index (χ0) is 18.3. The molecule has 0 spiro atoms. The zero-order valence-electron chi connectivity index (χ0n) is 16.4. The van der Waals surface area contributed by atoms with Crippen LogP contribution in [0.2, 0.25) is 0 Å². The first kappa shape index (κ1) is 22.7. The van der Waals surface area contributed by atoms with Crippen LogP contribution in [0.5, 0.6) is 0 Å². The van der Waals surface area contributed by atoms with Crippen molar-refractivity contribution in [3.05, 3.63) is 35.9 Å². The second-order valence-corrected chi connectivity index (χ2v) is 8.01. The van der Waals surface area contributed by atoms with Crippen LogP contribution in [-0.4, -0.2) is 37.0 Å². The van der Waals surface area contributed by atoms with E-state index in [0.717, 1.165) is 19.5 Å². The number of carbonyl (C=O) groups is 1. The number of amides is 1. The highest BCUT2D eigenvalue weighted by molar-refractivity contribution is 14.0. The van der Waals surface area contributed by atoms with Crippen molar-refractivity contribution in [3.63, 3.8) is 0 Å². The van der Waals surface area contributed by atoms with Crippen LogP contribution in [0.4, 0.5) is 0 Å². The summed E-state index contributed by atoms with van der Waals surface area (Å²) in [6.07, 6.45) is 3.56. The van der Waals surface area contributed by atoms with E-state index >= 15 is 0 Å². The van der Waals surface area contributed by atoms with E-state index < -0.39 is 0 Å². The molecule has 26 heavy (non-hydrogen) atoms. The fourth-order valence-electron chi connectivity index (χ4n) is 2.84. The topological polar surface area (TPSA) is 65.5 Å². The lowest BCUT2D eigenvalue weighted by Gasteiger charge is -2.21. The second kappa shape index (κ2) is 10.1. The maximum atomic E-state index is 11.9. The average Bonchev–Trinajstić information content (AvgIpc) is 3.29. The summed E-state index contributed by atoms with van der Waals surface area (Å²) in [6.45, 7) is 9.74. The fraction of sp³-hybridized carbons (Fsp3) is 0.600. The monoisotopic (exact) mass is 472 g/mol. The van der Waals surface area contributed by atoms with Gasteiger partial charge in [0, 0.05) is 18.6 Å². The summed E-state index contributed by atoms with van der Waals surface area (Å²) >= 11 is 0. The lowest BCUT2D eigenvalue weighted by molar-refractivity contribution is -0.121. The molecule has 0 saturated heterocycles. The summed E-state index contributed by atoms with van der Waals surface area (Å²) in [5.41, 5.74) is 1.48. The lowest BCUT2D eigenvalue weighted by atomic mass is 9.96. The summed E-state index contributed by atoms with van der Waals surface area (Å²) in [5, 5.41) is 9.58. The summed E-state index contributed by atoms with van der Waals surface area (Å²) in [7, 11) is 0. The Hall–Kier alpha value is -1.31. The highest BCUT2D eigenvalue weighted by Crippen LogP contribution is 2.47. The standard InChI is InChI=1S/C20H32N4O.HI/c1-5-21-18(22-14-17(25)24-19(2,3)4)23-15-20(11-12-20)13-16-9-7-6-8-10-16;/h6-10H,5,11-15H2,1-4H3,(H,24,25)(H2,21,22,23);1H. The van der Waals surface area contributed by atoms with Crippen LogP contribution >= 0.6 is 24.0 Å². The number of hydrogen-bond donors (Lipinski definition) is 3. The van der Waals surface area contributed by atoms with E-state index in [1.165, 1.54) is 18.4 Å². The predicted molar refractivity (Wildman–Crippen MR) is 119 cm³/mol. The molecule has 0 unspecified atom stereocenters. The van der Waals surface area contributed by atoms with Gasteiger partial charge in [0.2, 0.25) is 5.91 Å². The molecule has 5 nitrogen and oxygen atoms in total. The average molecular weight is 472 g/mol. The number of aliphatic imine (C=N–C) groups is 1. The van der Waals surface area contributed by atoms with Gasteiger partial charge in [0.25, 0.3) is 0 Å². The number of carbonyl (C=O) groups excluding carboxylic acids is 1. The predicted octanol–water partition coefficient (Wildman–Crippen LogP) is 3.10. The molecule has 6 heteroatoms. The molecular formula is C20H33IN4O. The number of halogens is 1. The first-order chi connectivity index (χ1) is 11.8. The van der Waals surface area contributed by atoms with E-state index in [4.69, 9.17) is 0 Å². The van der Waals surface area contributed by atoms with Gasteiger partial charge in [-0.1, -0.05) is 30.3 Å². The van der Waals surface area contributed by atoms with Gasteiger partial charge in [0.1, 0.15) is 6.54 Å². The summed E-state index contributed by atoms with van der Waals surface area (Å²) in [4.78, 5) is 16.4. The lowest BCUT2D eigenvalue weighted by Crippen LogP contribution is -2.44. The highest BCUT2D eigenvalue weighted by Gasteiger charge is 2.42. The fourth-order valence-corrected chi connectivity index (χ4v) is 2.84. The van der Waals surface area contributed by atoms with Crippen molar-refractivity contribution in [1.82, 2.24) is 16.0 Å². The maximum Gasteiger partial charge on any atom is 0.242 e. The minimum absolute atomic E-state index is 0. The Bertz CT molecular complexity index is 592.